The van der Waals surface area contributed by atoms with Crippen LogP contribution in [0.2, 0.25) is 0 Å². The highest BCUT2D eigenvalue weighted by molar-refractivity contribution is 5.52. The largest absolute Gasteiger partial charge is 0.502 e. The van der Waals surface area contributed by atoms with Crippen LogP contribution in [0.4, 0.5) is 0 Å². The normalized spacial score (nSPS) is 10.8. The Morgan fingerprint density at radius 1 is 1.00 bits per heavy atom. The Bertz CT molecular complexity index is 362. The first-order valence-electron chi connectivity index (χ1n) is 6.82. The van der Waals surface area contributed by atoms with Crippen molar-refractivity contribution >= 4 is 0 Å². The quantitative estimate of drug-likeness (QED) is 0.786. The summed E-state index contributed by atoms with van der Waals surface area (Å²) in [6.07, 6.45) is 2.26. The number of phenolic OH excluding ortho intramolecular Hbond substituents is 1. The monoisotopic (exact) mass is 267 g/mol. The van der Waals surface area contributed by atoms with Crippen molar-refractivity contribution in [2.45, 2.75) is 33.2 Å². The van der Waals surface area contributed by atoms with Gasteiger partial charge in [-0.25, -0.2) is 0 Å². The molecule has 1 aromatic rings. The van der Waals surface area contributed by atoms with Crippen LogP contribution in [0.3, 0.4) is 0 Å². The van der Waals surface area contributed by atoms with Crippen LogP contribution in [-0.2, 0) is 6.54 Å². The summed E-state index contributed by atoms with van der Waals surface area (Å²) < 4.78 is 10.4. The summed E-state index contributed by atoms with van der Waals surface area (Å²) in [6, 6.07) is 3.74. The topological polar surface area (TPSA) is 41.9 Å². The molecular weight excluding hydrogens is 242 g/mol. The summed E-state index contributed by atoms with van der Waals surface area (Å²) in [7, 11) is 3.10. The van der Waals surface area contributed by atoms with Crippen molar-refractivity contribution in [1.29, 1.82) is 0 Å². The first-order chi connectivity index (χ1) is 9.15. The zero-order valence-electron chi connectivity index (χ0n) is 12.4. The lowest BCUT2D eigenvalue weighted by Crippen LogP contribution is -2.24. The first kappa shape index (κ1) is 15.6. The molecule has 0 saturated carbocycles. The number of hydrogen-bond donors (Lipinski definition) is 1. The van der Waals surface area contributed by atoms with Gasteiger partial charge < -0.3 is 14.6 Å². The van der Waals surface area contributed by atoms with E-state index in [2.05, 4.69) is 18.7 Å². The lowest BCUT2D eigenvalue weighted by molar-refractivity contribution is 0.265. The number of rotatable bonds is 8. The maximum absolute atomic E-state index is 9.89. The van der Waals surface area contributed by atoms with Crippen LogP contribution in [0.1, 0.15) is 32.3 Å². The third-order valence-corrected chi connectivity index (χ3v) is 3.03. The molecule has 1 rings (SSSR count). The van der Waals surface area contributed by atoms with Gasteiger partial charge in [0.2, 0.25) is 5.75 Å². The highest BCUT2D eigenvalue weighted by Gasteiger charge is 2.13. The first-order valence-corrected chi connectivity index (χ1v) is 6.82. The zero-order chi connectivity index (χ0) is 14.3. The number of methoxy groups -OCH3 is 2. The van der Waals surface area contributed by atoms with Crippen LogP contribution in [0.5, 0.6) is 17.2 Å². The molecule has 0 unspecified atom stereocenters. The second-order valence-corrected chi connectivity index (χ2v) is 4.63. The number of ether oxygens (including phenoxy) is 2. The molecule has 0 aliphatic rings. The second-order valence-electron chi connectivity index (χ2n) is 4.63. The van der Waals surface area contributed by atoms with E-state index in [1.54, 1.807) is 14.2 Å². The fraction of sp³-hybridized carbons (Fsp3) is 0.600. The Morgan fingerprint density at radius 2 is 1.47 bits per heavy atom. The van der Waals surface area contributed by atoms with Crippen molar-refractivity contribution in [3.8, 4) is 17.2 Å². The average Bonchev–Trinajstić information content (AvgIpc) is 2.41. The van der Waals surface area contributed by atoms with Crippen molar-refractivity contribution in [2.24, 2.45) is 0 Å². The standard InChI is InChI=1S/C15H25NO3/c1-5-7-16(8-6-2)11-12-9-13(18-3)15(17)14(10-12)19-4/h9-10,17H,5-8,11H2,1-4H3. The van der Waals surface area contributed by atoms with Crippen molar-refractivity contribution in [3.05, 3.63) is 17.7 Å². The van der Waals surface area contributed by atoms with Crippen molar-refractivity contribution < 1.29 is 14.6 Å². The predicted molar refractivity (Wildman–Crippen MR) is 77.1 cm³/mol. The Labute approximate surface area is 115 Å². The molecule has 0 fully saturated rings. The minimum absolute atomic E-state index is 0.0614. The molecule has 0 saturated heterocycles. The van der Waals surface area contributed by atoms with E-state index >= 15 is 0 Å². The Hall–Kier alpha value is -1.42. The summed E-state index contributed by atoms with van der Waals surface area (Å²) in [5, 5.41) is 9.89. The van der Waals surface area contributed by atoms with Gasteiger partial charge in [0, 0.05) is 6.54 Å². The van der Waals surface area contributed by atoms with Crippen LogP contribution in [-0.4, -0.2) is 37.3 Å². The Kier molecular flexibility index (Phi) is 6.50. The average molecular weight is 267 g/mol. The molecule has 0 aromatic heterocycles. The minimum atomic E-state index is 0.0614. The van der Waals surface area contributed by atoms with Gasteiger partial charge in [-0.05, 0) is 43.6 Å². The molecule has 0 aliphatic heterocycles. The Morgan fingerprint density at radius 3 is 1.84 bits per heavy atom. The molecule has 19 heavy (non-hydrogen) atoms. The van der Waals surface area contributed by atoms with Gasteiger partial charge in [0.1, 0.15) is 0 Å². The van der Waals surface area contributed by atoms with E-state index in [0.29, 0.717) is 11.5 Å². The number of aromatic hydroxyl groups is 1. The van der Waals surface area contributed by atoms with Gasteiger partial charge in [-0.2, -0.15) is 0 Å². The van der Waals surface area contributed by atoms with Crippen LogP contribution in [0.15, 0.2) is 12.1 Å². The Balaban J connectivity index is 2.92. The summed E-state index contributed by atoms with van der Waals surface area (Å²) in [5.41, 5.74) is 1.09. The molecule has 0 radical (unpaired) electrons. The summed E-state index contributed by atoms with van der Waals surface area (Å²) in [5.74, 6) is 0.982. The van der Waals surface area contributed by atoms with Crippen molar-refractivity contribution in [3.63, 3.8) is 0 Å². The molecule has 1 N–H and O–H groups in total. The van der Waals surface area contributed by atoms with E-state index in [1.807, 2.05) is 12.1 Å². The van der Waals surface area contributed by atoms with Crippen LogP contribution in [0, 0.1) is 0 Å². The molecule has 0 bridgehead atoms. The molecule has 0 heterocycles. The van der Waals surface area contributed by atoms with Gasteiger partial charge in [-0.3, -0.25) is 4.90 Å². The third-order valence-electron chi connectivity index (χ3n) is 3.03. The minimum Gasteiger partial charge on any atom is -0.502 e. The highest BCUT2D eigenvalue weighted by Crippen LogP contribution is 2.37. The van der Waals surface area contributed by atoms with Gasteiger partial charge in [0.05, 0.1) is 14.2 Å². The lowest BCUT2D eigenvalue weighted by atomic mass is 10.1. The highest BCUT2D eigenvalue weighted by atomic mass is 16.5. The molecule has 4 nitrogen and oxygen atoms in total. The van der Waals surface area contributed by atoms with Crippen molar-refractivity contribution in [1.82, 2.24) is 4.90 Å². The number of benzene rings is 1. The summed E-state index contributed by atoms with van der Waals surface area (Å²) >= 11 is 0. The van der Waals surface area contributed by atoms with Gasteiger partial charge >= 0.3 is 0 Å². The van der Waals surface area contributed by atoms with Crippen LogP contribution >= 0.6 is 0 Å². The van der Waals surface area contributed by atoms with E-state index < -0.39 is 0 Å². The lowest BCUT2D eigenvalue weighted by Gasteiger charge is -2.21. The number of phenols is 1. The van der Waals surface area contributed by atoms with Gasteiger partial charge in [0.15, 0.2) is 11.5 Å². The molecular formula is C15H25NO3. The van der Waals surface area contributed by atoms with Gasteiger partial charge in [-0.15, -0.1) is 0 Å². The van der Waals surface area contributed by atoms with Crippen LogP contribution < -0.4 is 9.47 Å². The van der Waals surface area contributed by atoms with E-state index in [0.717, 1.165) is 38.0 Å². The van der Waals surface area contributed by atoms with E-state index in [1.165, 1.54) is 0 Å². The molecule has 4 heteroatoms. The molecule has 108 valence electrons. The summed E-state index contributed by atoms with van der Waals surface area (Å²) in [6.45, 7) is 7.34. The van der Waals surface area contributed by atoms with Gasteiger partial charge in [-0.1, -0.05) is 13.8 Å². The van der Waals surface area contributed by atoms with Gasteiger partial charge in [0.25, 0.3) is 0 Å². The van der Waals surface area contributed by atoms with E-state index in [-0.39, 0.29) is 5.75 Å². The molecule has 0 atom stereocenters. The maximum atomic E-state index is 9.89. The SMILES string of the molecule is CCCN(CCC)Cc1cc(OC)c(O)c(OC)c1. The second kappa shape index (κ2) is 7.89. The fourth-order valence-electron chi connectivity index (χ4n) is 2.20. The number of hydrogen-bond acceptors (Lipinski definition) is 4. The maximum Gasteiger partial charge on any atom is 0.200 e. The molecule has 0 aliphatic carbocycles. The van der Waals surface area contributed by atoms with E-state index in [9.17, 15) is 5.11 Å². The van der Waals surface area contributed by atoms with E-state index in [4.69, 9.17) is 9.47 Å². The summed E-state index contributed by atoms with van der Waals surface area (Å²) in [4.78, 5) is 2.39. The molecule has 0 amide bonds. The zero-order valence-corrected chi connectivity index (χ0v) is 12.4. The number of nitrogens with zero attached hydrogens (tertiary/aromatic N) is 1. The fourth-order valence-corrected chi connectivity index (χ4v) is 2.20. The predicted octanol–water partition coefficient (Wildman–Crippen LogP) is 3.03. The third kappa shape index (κ3) is 4.31. The van der Waals surface area contributed by atoms with Crippen molar-refractivity contribution in [2.75, 3.05) is 27.3 Å². The molecule has 1 aromatic carbocycles. The smallest absolute Gasteiger partial charge is 0.200 e. The molecule has 0 spiro atoms. The van der Waals surface area contributed by atoms with Crippen LogP contribution in [0.25, 0.3) is 0 Å².